The molecule has 0 aliphatic carbocycles. The molecule has 0 fully saturated rings. The van der Waals surface area contributed by atoms with Crippen molar-refractivity contribution in [3.8, 4) is 0 Å². The van der Waals surface area contributed by atoms with Crippen molar-refractivity contribution >= 4 is 5.91 Å². The van der Waals surface area contributed by atoms with Crippen molar-refractivity contribution in [3.63, 3.8) is 0 Å². The average Bonchev–Trinajstić information content (AvgIpc) is 2.00. The minimum Gasteiger partial charge on any atom is -0.393 e. The van der Waals surface area contributed by atoms with Gasteiger partial charge in [0.25, 0.3) is 0 Å². The molecule has 12 heavy (non-hydrogen) atoms. The van der Waals surface area contributed by atoms with E-state index < -0.39 is 0 Å². The van der Waals surface area contributed by atoms with Crippen LogP contribution in [-0.2, 0) is 4.79 Å². The third-order valence-corrected chi connectivity index (χ3v) is 1.62. The predicted octanol–water partition coefficient (Wildman–Crippen LogP) is -0.565. The highest BCUT2D eigenvalue weighted by Gasteiger charge is 2.04. The lowest BCUT2D eigenvalue weighted by atomic mass is 10.3. The molecule has 4 nitrogen and oxygen atoms in total. The second kappa shape index (κ2) is 5.97. The van der Waals surface area contributed by atoms with Crippen LogP contribution in [0.25, 0.3) is 0 Å². The molecule has 0 heterocycles. The van der Waals surface area contributed by atoms with Gasteiger partial charge in [-0.2, -0.15) is 0 Å². The fourth-order valence-electron chi connectivity index (χ4n) is 0.810. The first-order chi connectivity index (χ1) is 5.56. The largest absolute Gasteiger partial charge is 0.393 e. The molecule has 4 heteroatoms. The first-order valence-electron chi connectivity index (χ1n) is 4.13. The number of hydrogen-bond donors (Lipinski definition) is 2. The van der Waals surface area contributed by atoms with Crippen LogP contribution in [-0.4, -0.2) is 49.2 Å². The molecule has 1 amide bonds. The Bertz CT molecular complexity index is 137. The minimum atomic E-state index is -0.294. The van der Waals surface area contributed by atoms with E-state index in [2.05, 4.69) is 5.32 Å². The lowest BCUT2D eigenvalue weighted by molar-refractivity contribution is -0.121. The van der Waals surface area contributed by atoms with E-state index in [-0.39, 0.29) is 12.0 Å². The minimum absolute atomic E-state index is 0.00286. The first-order valence-corrected chi connectivity index (χ1v) is 4.13. The highest BCUT2D eigenvalue weighted by atomic mass is 16.3. The number of carbonyl (C=O) groups is 1. The topological polar surface area (TPSA) is 52.6 Å². The number of aliphatic hydroxyl groups is 1. The van der Waals surface area contributed by atoms with Crippen LogP contribution in [0.4, 0.5) is 0 Å². The molecular formula is C8H18N2O2. The van der Waals surface area contributed by atoms with Gasteiger partial charge in [0.05, 0.1) is 12.6 Å². The van der Waals surface area contributed by atoms with E-state index in [1.165, 1.54) is 0 Å². The number of carbonyl (C=O) groups excluding carboxylic acids is 1. The molecule has 1 unspecified atom stereocenters. The Balaban J connectivity index is 3.45. The Morgan fingerprint density at radius 3 is 2.67 bits per heavy atom. The summed E-state index contributed by atoms with van der Waals surface area (Å²) >= 11 is 0. The average molecular weight is 174 g/mol. The first kappa shape index (κ1) is 11.4. The molecule has 0 bridgehead atoms. The monoisotopic (exact) mass is 174 g/mol. The summed E-state index contributed by atoms with van der Waals surface area (Å²) in [5.74, 6) is 0.00286. The van der Waals surface area contributed by atoms with Crippen LogP contribution in [0.5, 0.6) is 0 Å². The summed E-state index contributed by atoms with van der Waals surface area (Å²) in [6, 6.07) is 0. The van der Waals surface area contributed by atoms with E-state index in [0.29, 0.717) is 13.0 Å². The number of amides is 1. The zero-order valence-electron chi connectivity index (χ0n) is 8.00. The van der Waals surface area contributed by atoms with E-state index in [0.717, 1.165) is 6.54 Å². The van der Waals surface area contributed by atoms with Crippen LogP contribution in [0.1, 0.15) is 13.3 Å². The molecule has 0 aromatic carbocycles. The van der Waals surface area contributed by atoms with Crippen LogP contribution >= 0.6 is 0 Å². The molecule has 0 aliphatic rings. The van der Waals surface area contributed by atoms with Crippen LogP contribution in [0.15, 0.2) is 0 Å². The van der Waals surface area contributed by atoms with Crippen molar-refractivity contribution in [2.24, 2.45) is 0 Å². The third-order valence-electron chi connectivity index (χ3n) is 1.62. The van der Waals surface area contributed by atoms with Gasteiger partial charge >= 0.3 is 0 Å². The molecule has 0 aromatic heterocycles. The third kappa shape index (κ3) is 6.12. The Morgan fingerprint density at radius 2 is 2.25 bits per heavy atom. The number of aliphatic hydroxyl groups excluding tert-OH is 1. The number of hydrogen-bond acceptors (Lipinski definition) is 3. The van der Waals surface area contributed by atoms with Gasteiger partial charge < -0.3 is 10.4 Å². The van der Waals surface area contributed by atoms with Crippen LogP contribution in [0.3, 0.4) is 0 Å². The lowest BCUT2D eigenvalue weighted by Crippen LogP contribution is -2.34. The Morgan fingerprint density at radius 1 is 1.67 bits per heavy atom. The summed E-state index contributed by atoms with van der Waals surface area (Å²) in [6.45, 7) is 2.88. The molecule has 0 radical (unpaired) electrons. The standard InChI is InChI=1S/C8H18N2O2/c1-7(11)4-5-10(3)6-8(12)9-2/h7,11H,4-6H2,1-3H3,(H,9,12). The Labute approximate surface area is 73.6 Å². The molecule has 0 saturated carbocycles. The summed E-state index contributed by atoms with van der Waals surface area (Å²) in [5, 5.41) is 11.5. The number of nitrogens with zero attached hydrogens (tertiary/aromatic N) is 1. The van der Waals surface area contributed by atoms with Crippen LogP contribution in [0, 0.1) is 0 Å². The molecular weight excluding hydrogens is 156 g/mol. The van der Waals surface area contributed by atoms with E-state index in [1.54, 1.807) is 14.0 Å². The number of likely N-dealkylation sites (N-methyl/N-ethyl adjacent to an activating group) is 2. The second-order valence-corrected chi connectivity index (χ2v) is 3.05. The molecule has 0 saturated heterocycles. The van der Waals surface area contributed by atoms with Gasteiger partial charge in [0.15, 0.2) is 0 Å². The molecule has 2 N–H and O–H groups in total. The number of nitrogens with one attached hydrogen (secondary N) is 1. The lowest BCUT2D eigenvalue weighted by Gasteiger charge is -2.15. The zero-order chi connectivity index (χ0) is 9.56. The smallest absolute Gasteiger partial charge is 0.233 e. The van der Waals surface area contributed by atoms with Gasteiger partial charge in [-0.1, -0.05) is 0 Å². The maximum atomic E-state index is 10.9. The zero-order valence-corrected chi connectivity index (χ0v) is 8.00. The fourth-order valence-corrected chi connectivity index (χ4v) is 0.810. The van der Waals surface area contributed by atoms with Gasteiger partial charge in [0, 0.05) is 13.6 Å². The van der Waals surface area contributed by atoms with E-state index in [9.17, 15) is 4.79 Å². The van der Waals surface area contributed by atoms with E-state index >= 15 is 0 Å². The van der Waals surface area contributed by atoms with Gasteiger partial charge in [-0.05, 0) is 20.4 Å². The van der Waals surface area contributed by atoms with Gasteiger partial charge in [-0.25, -0.2) is 0 Å². The predicted molar refractivity (Wildman–Crippen MR) is 47.9 cm³/mol. The van der Waals surface area contributed by atoms with Crippen molar-refractivity contribution in [1.82, 2.24) is 10.2 Å². The summed E-state index contributed by atoms with van der Waals surface area (Å²) in [6.07, 6.45) is 0.408. The van der Waals surface area contributed by atoms with Crippen molar-refractivity contribution < 1.29 is 9.90 Å². The van der Waals surface area contributed by atoms with Crippen LogP contribution < -0.4 is 5.32 Å². The normalized spacial score (nSPS) is 13.1. The van der Waals surface area contributed by atoms with E-state index in [1.807, 2.05) is 11.9 Å². The molecule has 0 aromatic rings. The fraction of sp³-hybridized carbons (Fsp3) is 0.875. The summed E-state index contributed by atoms with van der Waals surface area (Å²) < 4.78 is 0. The summed E-state index contributed by atoms with van der Waals surface area (Å²) in [5.41, 5.74) is 0. The molecule has 0 aliphatic heterocycles. The van der Waals surface area contributed by atoms with Crippen molar-refractivity contribution in [3.05, 3.63) is 0 Å². The Hall–Kier alpha value is -0.610. The summed E-state index contributed by atoms with van der Waals surface area (Å²) in [4.78, 5) is 12.7. The van der Waals surface area contributed by atoms with Gasteiger partial charge in [0.1, 0.15) is 0 Å². The van der Waals surface area contributed by atoms with Crippen LogP contribution in [0.2, 0.25) is 0 Å². The Kier molecular flexibility index (Phi) is 5.66. The van der Waals surface area contributed by atoms with E-state index in [4.69, 9.17) is 5.11 Å². The summed E-state index contributed by atoms with van der Waals surface area (Å²) in [7, 11) is 3.47. The second-order valence-electron chi connectivity index (χ2n) is 3.05. The molecule has 0 spiro atoms. The highest BCUT2D eigenvalue weighted by molar-refractivity contribution is 5.77. The molecule has 0 rings (SSSR count). The maximum absolute atomic E-state index is 10.9. The highest BCUT2D eigenvalue weighted by Crippen LogP contribution is 1.92. The van der Waals surface area contributed by atoms with Gasteiger partial charge in [0.2, 0.25) is 5.91 Å². The molecule has 1 atom stereocenters. The van der Waals surface area contributed by atoms with Crippen molar-refractivity contribution in [2.45, 2.75) is 19.4 Å². The van der Waals surface area contributed by atoms with Gasteiger partial charge in [-0.3, -0.25) is 9.69 Å². The molecule has 72 valence electrons. The SMILES string of the molecule is CNC(=O)CN(C)CCC(C)O. The van der Waals surface area contributed by atoms with Crippen molar-refractivity contribution in [1.29, 1.82) is 0 Å². The van der Waals surface area contributed by atoms with Crippen molar-refractivity contribution in [2.75, 3.05) is 27.2 Å². The maximum Gasteiger partial charge on any atom is 0.233 e. The number of rotatable bonds is 5. The van der Waals surface area contributed by atoms with Gasteiger partial charge in [-0.15, -0.1) is 0 Å². The quantitative estimate of drug-likeness (QED) is 0.587.